The number of ether oxygens (including phenoxy) is 2. The summed E-state index contributed by atoms with van der Waals surface area (Å²) in [6.45, 7) is 0.845. The Kier molecular flexibility index (Phi) is 4.84. The van der Waals surface area contributed by atoms with Gasteiger partial charge in [0, 0.05) is 24.9 Å². The number of nitrogens with one attached hydrogen (secondary N) is 1. The zero-order valence-electron chi connectivity index (χ0n) is 14.5. The van der Waals surface area contributed by atoms with Gasteiger partial charge in [-0.3, -0.25) is 9.59 Å². The molecule has 2 atom stereocenters. The van der Waals surface area contributed by atoms with Gasteiger partial charge in [-0.25, -0.2) is 4.98 Å². The van der Waals surface area contributed by atoms with Gasteiger partial charge in [-0.2, -0.15) is 0 Å². The molecule has 27 heavy (non-hydrogen) atoms. The maximum Gasteiger partial charge on any atom is 0.287 e. The summed E-state index contributed by atoms with van der Waals surface area (Å²) >= 11 is 0. The van der Waals surface area contributed by atoms with E-state index in [1.165, 1.54) is 6.07 Å². The summed E-state index contributed by atoms with van der Waals surface area (Å²) in [6.07, 6.45) is 1.84. The average molecular weight is 366 g/mol. The van der Waals surface area contributed by atoms with E-state index in [0.717, 1.165) is 0 Å². The van der Waals surface area contributed by atoms with Crippen LogP contribution in [0.5, 0.6) is 5.88 Å². The number of hydrogen-bond acceptors (Lipinski definition) is 6. The Morgan fingerprint density at radius 1 is 1.19 bits per heavy atom. The third-order valence-corrected chi connectivity index (χ3v) is 4.39. The van der Waals surface area contributed by atoms with Crippen molar-refractivity contribution >= 4 is 16.9 Å². The number of aromatic nitrogens is 1. The van der Waals surface area contributed by atoms with Crippen LogP contribution < -0.4 is 15.5 Å². The maximum atomic E-state index is 12.7. The molecule has 7 nitrogen and oxygen atoms in total. The third-order valence-electron chi connectivity index (χ3n) is 4.39. The predicted octanol–water partition coefficient (Wildman–Crippen LogP) is 2.15. The molecular formula is C20H18N2O5. The molecule has 0 unspecified atom stereocenters. The van der Waals surface area contributed by atoms with Crippen LogP contribution in [0, 0.1) is 0 Å². The van der Waals surface area contributed by atoms with E-state index >= 15 is 0 Å². The van der Waals surface area contributed by atoms with Crippen LogP contribution in [0.25, 0.3) is 11.0 Å². The van der Waals surface area contributed by atoms with E-state index in [1.54, 1.807) is 42.6 Å². The van der Waals surface area contributed by atoms with Crippen LogP contribution >= 0.6 is 0 Å². The summed E-state index contributed by atoms with van der Waals surface area (Å²) in [5, 5.41) is 3.33. The van der Waals surface area contributed by atoms with E-state index < -0.39 is 5.91 Å². The van der Waals surface area contributed by atoms with E-state index in [2.05, 4.69) is 10.3 Å². The average Bonchev–Trinajstić information content (AvgIpc) is 2.70. The summed E-state index contributed by atoms with van der Waals surface area (Å²) in [4.78, 5) is 29.0. The second-order valence-corrected chi connectivity index (χ2v) is 6.24. The third kappa shape index (κ3) is 3.83. The molecule has 3 aromatic rings. The van der Waals surface area contributed by atoms with E-state index in [1.807, 2.05) is 6.07 Å². The SMILES string of the molecule is O=C(N[C@@H]1CCOC[C@H]1Oc1ccccn1)c1cc(=O)c2ccccc2o1. The van der Waals surface area contributed by atoms with Gasteiger partial charge < -0.3 is 19.2 Å². The van der Waals surface area contributed by atoms with E-state index in [0.29, 0.717) is 36.5 Å². The molecule has 0 bridgehead atoms. The number of carbonyl (C=O) groups is 1. The van der Waals surface area contributed by atoms with Gasteiger partial charge in [0.05, 0.1) is 18.0 Å². The van der Waals surface area contributed by atoms with Crippen molar-refractivity contribution in [3.8, 4) is 5.88 Å². The first-order valence-electron chi connectivity index (χ1n) is 8.70. The summed E-state index contributed by atoms with van der Waals surface area (Å²) in [5.41, 5.74) is 0.124. The van der Waals surface area contributed by atoms with Gasteiger partial charge in [-0.15, -0.1) is 0 Å². The predicted molar refractivity (Wildman–Crippen MR) is 97.8 cm³/mol. The number of benzene rings is 1. The lowest BCUT2D eigenvalue weighted by molar-refractivity contribution is -0.0155. The lowest BCUT2D eigenvalue weighted by Crippen LogP contribution is -2.51. The van der Waals surface area contributed by atoms with Gasteiger partial charge in [0.1, 0.15) is 11.7 Å². The van der Waals surface area contributed by atoms with Crippen LogP contribution in [0.3, 0.4) is 0 Å². The zero-order valence-corrected chi connectivity index (χ0v) is 14.5. The first-order chi connectivity index (χ1) is 13.2. The molecule has 0 saturated carbocycles. The second kappa shape index (κ2) is 7.59. The largest absolute Gasteiger partial charge is 0.470 e. The summed E-state index contributed by atoms with van der Waals surface area (Å²) in [6, 6.07) is 13.1. The standard InChI is InChI=1S/C20H18N2O5/c23-15-11-17(26-16-6-2-1-5-13(15)16)20(24)22-14-8-10-25-12-18(14)27-19-7-3-4-9-21-19/h1-7,9,11,14,18H,8,10,12H2,(H,22,24)/t14-,18-/m1/s1. The van der Waals surface area contributed by atoms with Crippen LogP contribution in [-0.2, 0) is 4.74 Å². The van der Waals surface area contributed by atoms with Crippen molar-refractivity contribution in [2.45, 2.75) is 18.6 Å². The number of rotatable bonds is 4. The molecule has 1 amide bonds. The first kappa shape index (κ1) is 17.2. The second-order valence-electron chi connectivity index (χ2n) is 6.24. The minimum atomic E-state index is -0.459. The molecule has 2 aromatic heterocycles. The van der Waals surface area contributed by atoms with Gasteiger partial charge in [0.2, 0.25) is 5.88 Å². The Morgan fingerprint density at radius 2 is 2.04 bits per heavy atom. The van der Waals surface area contributed by atoms with E-state index in [4.69, 9.17) is 13.9 Å². The van der Waals surface area contributed by atoms with Crippen molar-refractivity contribution in [1.82, 2.24) is 10.3 Å². The smallest absolute Gasteiger partial charge is 0.287 e. The molecule has 1 fully saturated rings. The van der Waals surface area contributed by atoms with Crippen molar-refractivity contribution in [1.29, 1.82) is 0 Å². The minimum absolute atomic E-state index is 0.0261. The molecule has 0 spiro atoms. The molecule has 1 saturated heterocycles. The molecule has 1 aliphatic heterocycles. The number of carbonyl (C=O) groups excluding carboxylic acids is 1. The molecule has 1 aromatic carbocycles. The van der Waals surface area contributed by atoms with Gasteiger partial charge in [-0.1, -0.05) is 18.2 Å². The fourth-order valence-corrected chi connectivity index (χ4v) is 3.02. The number of nitrogens with zero attached hydrogens (tertiary/aromatic N) is 1. The summed E-state index contributed by atoms with van der Waals surface area (Å²) in [7, 11) is 0. The molecule has 3 heterocycles. The molecular weight excluding hydrogens is 348 g/mol. The number of amides is 1. The highest BCUT2D eigenvalue weighted by molar-refractivity contribution is 5.93. The van der Waals surface area contributed by atoms with Gasteiger partial charge in [0.15, 0.2) is 11.2 Å². The fourth-order valence-electron chi connectivity index (χ4n) is 3.02. The zero-order chi connectivity index (χ0) is 18.6. The molecule has 4 rings (SSSR count). The lowest BCUT2D eigenvalue weighted by Gasteiger charge is -2.31. The van der Waals surface area contributed by atoms with Crippen molar-refractivity contribution in [2.75, 3.05) is 13.2 Å². The summed E-state index contributed by atoms with van der Waals surface area (Å²) in [5.74, 6) is -0.0226. The first-order valence-corrected chi connectivity index (χ1v) is 8.70. The van der Waals surface area contributed by atoms with Gasteiger partial charge in [0.25, 0.3) is 5.91 Å². The monoisotopic (exact) mass is 366 g/mol. The number of para-hydroxylation sites is 1. The van der Waals surface area contributed by atoms with Crippen molar-refractivity contribution in [2.24, 2.45) is 0 Å². The molecule has 0 aliphatic carbocycles. The van der Waals surface area contributed by atoms with Crippen LogP contribution in [0.2, 0.25) is 0 Å². The number of hydrogen-bond donors (Lipinski definition) is 1. The quantitative estimate of drug-likeness (QED) is 0.761. The molecule has 1 N–H and O–H groups in total. The highest BCUT2D eigenvalue weighted by atomic mass is 16.5. The Morgan fingerprint density at radius 3 is 2.89 bits per heavy atom. The van der Waals surface area contributed by atoms with Crippen LogP contribution in [0.1, 0.15) is 17.0 Å². The minimum Gasteiger partial charge on any atom is -0.470 e. The van der Waals surface area contributed by atoms with Crippen LogP contribution in [0.15, 0.2) is 63.9 Å². The highest BCUT2D eigenvalue weighted by Gasteiger charge is 2.30. The lowest BCUT2D eigenvalue weighted by atomic mass is 10.1. The van der Waals surface area contributed by atoms with Crippen molar-refractivity contribution in [3.05, 3.63) is 70.7 Å². The molecule has 7 heteroatoms. The van der Waals surface area contributed by atoms with Crippen LogP contribution in [-0.4, -0.2) is 36.3 Å². The van der Waals surface area contributed by atoms with Crippen LogP contribution in [0.4, 0.5) is 0 Å². The Balaban J connectivity index is 1.53. The van der Waals surface area contributed by atoms with Gasteiger partial charge in [-0.05, 0) is 24.6 Å². The van der Waals surface area contributed by atoms with E-state index in [-0.39, 0.29) is 23.3 Å². The highest BCUT2D eigenvalue weighted by Crippen LogP contribution is 2.17. The molecule has 0 radical (unpaired) electrons. The number of fused-ring (bicyclic) bond motifs is 1. The van der Waals surface area contributed by atoms with Crippen molar-refractivity contribution in [3.63, 3.8) is 0 Å². The Labute approximate surface area is 154 Å². The molecule has 138 valence electrons. The Hall–Kier alpha value is -3.19. The Bertz CT molecular complexity index is 1000. The number of pyridine rings is 1. The van der Waals surface area contributed by atoms with E-state index in [9.17, 15) is 9.59 Å². The topological polar surface area (TPSA) is 90.7 Å². The fraction of sp³-hybridized carbons (Fsp3) is 0.250. The maximum absolute atomic E-state index is 12.7. The van der Waals surface area contributed by atoms with Crippen molar-refractivity contribution < 1.29 is 18.7 Å². The normalized spacial score (nSPS) is 19.6. The molecule has 1 aliphatic rings. The van der Waals surface area contributed by atoms with Gasteiger partial charge >= 0.3 is 0 Å². The summed E-state index contributed by atoms with van der Waals surface area (Å²) < 4.78 is 16.9.